The zero-order valence-electron chi connectivity index (χ0n) is 37.9. The van der Waals surface area contributed by atoms with Gasteiger partial charge in [0.2, 0.25) is 0 Å². The van der Waals surface area contributed by atoms with E-state index in [0.29, 0.717) is 42.4 Å². The molecule has 0 aromatic heterocycles. The monoisotopic (exact) mass is 795 g/mol. The molecule has 0 aromatic carbocycles. The van der Waals surface area contributed by atoms with E-state index in [1.807, 2.05) is 27.8 Å². The fourth-order valence-electron chi connectivity index (χ4n) is 13.6. The number of esters is 1. The van der Waals surface area contributed by atoms with Gasteiger partial charge in [0.1, 0.15) is 11.7 Å². The van der Waals surface area contributed by atoms with Gasteiger partial charge in [-0.1, -0.05) is 47.1 Å². The number of carbonyl (C=O) groups excluding carboxylic acids is 3. The number of amides is 1. The molecule has 0 aliphatic heterocycles. The van der Waals surface area contributed by atoms with E-state index in [1.165, 1.54) is 25.7 Å². The molecule has 5 fully saturated rings. The molecule has 6 aliphatic carbocycles. The van der Waals surface area contributed by atoms with Gasteiger partial charge in [-0.15, -0.1) is 0 Å². The Hall–Kier alpha value is -2.42. The Labute approximate surface area is 344 Å². The summed E-state index contributed by atoms with van der Waals surface area (Å²) in [6, 6.07) is 0. The topological polar surface area (TPSA) is 113 Å². The van der Waals surface area contributed by atoms with Crippen LogP contribution in [0.15, 0.2) is 11.1 Å². The Morgan fingerprint density at radius 1 is 0.842 bits per heavy atom. The van der Waals surface area contributed by atoms with Crippen LogP contribution in [0.4, 0.5) is 4.79 Å². The number of Topliss-reactive ketones (excluding diaryl/α,β-unsaturated/α-hetero) is 1. The summed E-state index contributed by atoms with van der Waals surface area (Å²) in [5.74, 6) is 1.94. The number of nitrogens with zero attached hydrogens (tertiary/aromatic N) is 2. The van der Waals surface area contributed by atoms with Crippen LogP contribution in [-0.2, 0) is 23.9 Å². The summed E-state index contributed by atoms with van der Waals surface area (Å²) >= 11 is 0. The molecule has 5 saturated carbocycles. The first-order valence-corrected chi connectivity index (χ1v) is 22.7. The molecule has 322 valence electrons. The lowest BCUT2D eigenvalue weighted by atomic mass is 9.36. The van der Waals surface area contributed by atoms with Crippen LogP contribution in [0, 0.1) is 62.6 Å². The van der Waals surface area contributed by atoms with Crippen molar-refractivity contribution in [1.29, 1.82) is 0 Å². The third-order valence-electron chi connectivity index (χ3n) is 16.7. The number of carboxylic acids is 1. The number of likely N-dealkylation sites (N-methyl/N-ethyl adjacent to an activating group) is 1. The third kappa shape index (κ3) is 8.49. The first-order chi connectivity index (χ1) is 26.3. The number of rotatable bonds is 13. The number of aliphatic carboxylic acids is 1. The van der Waals surface area contributed by atoms with Crippen LogP contribution in [-0.4, -0.2) is 83.7 Å². The van der Waals surface area contributed by atoms with Crippen molar-refractivity contribution < 1.29 is 33.8 Å². The Balaban J connectivity index is 1.19. The maximum absolute atomic E-state index is 14.2. The first-order valence-electron chi connectivity index (χ1n) is 22.7. The van der Waals surface area contributed by atoms with Crippen molar-refractivity contribution in [3.63, 3.8) is 0 Å². The average Bonchev–Trinajstić information content (AvgIpc) is 3.85. The van der Waals surface area contributed by atoms with Crippen LogP contribution < -0.4 is 0 Å². The SMILES string of the molecule is CC(C)C1=C2C3CCC4C(C)(CCC5C(C)(C)C(OC(=O)CC(C)(C)C(=O)O)CCC54C)C3CCC2(CCN(CCN(C)C(=O)OC(C)(C)C)CC2CC2)CC1=O. The fraction of sp³-hybridized carbons (Fsp3) is 0.875. The molecule has 0 bridgehead atoms. The molecule has 57 heavy (non-hydrogen) atoms. The number of ether oxygens (including phenoxy) is 2. The number of fused-ring (bicyclic) bond motifs is 7. The molecule has 0 radical (unpaired) electrons. The summed E-state index contributed by atoms with van der Waals surface area (Å²) in [6.07, 6.45) is 12.3. The second-order valence-electron chi connectivity index (χ2n) is 22.9. The maximum atomic E-state index is 14.2. The Kier molecular flexibility index (Phi) is 12.0. The van der Waals surface area contributed by atoms with E-state index in [9.17, 15) is 24.3 Å². The van der Waals surface area contributed by atoms with Gasteiger partial charge in [-0.05, 0) is 164 Å². The van der Waals surface area contributed by atoms with Crippen LogP contribution in [0.5, 0.6) is 0 Å². The summed E-state index contributed by atoms with van der Waals surface area (Å²) in [6.45, 7) is 26.6. The van der Waals surface area contributed by atoms with Crippen LogP contribution in [0.2, 0.25) is 0 Å². The van der Waals surface area contributed by atoms with Gasteiger partial charge in [-0.25, -0.2) is 4.79 Å². The second kappa shape index (κ2) is 15.6. The number of allylic oxidation sites excluding steroid dienone is 2. The first kappa shape index (κ1) is 44.1. The van der Waals surface area contributed by atoms with Crippen molar-refractivity contribution in [3.8, 4) is 0 Å². The van der Waals surface area contributed by atoms with E-state index in [1.54, 1.807) is 24.3 Å². The molecule has 6 aliphatic rings. The predicted octanol–water partition coefficient (Wildman–Crippen LogP) is 9.96. The molecule has 8 unspecified atom stereocenters. The molecule has 0 spiro atoms. The third-order valence-corrected chi connectivity index (χ3v) is 16.7. The molecule has 1 amide bonds. The fourth-order valence-corrected chi connectivity index (χ4v) is 13.6. The number of ketones is 1. The molecular weight excluding hydrogens is 717 g/mol. The lowest BCUT2D eigenvalue weighted by Gasteiger charge is -2.69. The van der Waals surface area contributed by atoms with E-state index in [0.717, 1.165) is 76.1 Å². The van der Waals surface area contributed by atoms with E-state index >= 15 is 0 Å². The summed E-state index contributed by atoms with van der Waals surface area (Å²) in [5, 5.41) is 9.64. The molecule has 6 rings (SSSR count). The number of hydrogen-bond acceptors (Lipinski definition) is 7. The van der Waals surface area contributed by atoms with Crippen molar-refractivity contribution in [3.05, 3.63) is 11.1 Å². The van der Waals surface area contributed by atoms with Crippen LogP contribution >= 0.6 is 0 Å². The summed E-state index contributed by atoms with van der Waals surface area (Å²) in [4.78, 5) is 56.2. The smallest absolute Gasteiger partial charge is 0.410 e. The standard InChI is InChI=1S/C48H78N2O7/c1-30(2)39-34(51)27-48(23-24-50(29-31-13-14-31)26-25-49(12)42(55)57-43(3,4)5)22-17-33-32(40(39)48)15-16-36-46(33,10)20-18-35-45(8,9)37(19-21-47(35,36)11)56-38(52)28-44(6,7)41(53)54/h30-33,35-37H,13-29H2,1-12H3,(H,53,54). The number of carboxylic acid groups (broad SMARTS) is 1. The van der Waals surface area contributed by atoms with Gasteiger partial charge in [-0.3, -0.25) is 14.4 Å². The van der Waals surface area contributed by atoms with Gasteiger partial charge in [0.25, 0.3) is 0 Å². The van der Waals surface area contributed by atoms with E-state index < -0.39 is 23.0 Å². The van der Waals surface area contributed by atoms with Crippen molar-refractivity contribution in [2.24, 2.45) is 62.6 Å². The van der Waals surface area contributed by atoms with Gasteiger partial charge in [0.15, 0.2) is 5.78 Å². The molecule has 0 aromatic rings. The molecule has 0 heterocycles. The Morgan fingerprint density at radius 3 is 2.12 bits per heavy atom. The van der Waals surface area contributed by atoms with Gasteiger partial charge in [0.05, 0.1) is 11.8 Å². The maximum Gasteiger partial charge on any atom is 0.410 e. The minimum absolute atomic E-state index is 0.0693. The van der Waals surface area contributed by atoms with Crippen molar-refractivity contribution in [1.82, 2.24) is 9.80 Å². The van der Waals surface area contributed by atoms with Crippen LogP contribution in [0.25, 0.3) is 0 Å². The van der Waals surface area contributed by atoms with E-state index in [2.05, 4.69) is 46.4 Å². The highest BCUT2D eigenvalue weighted by molar-refractivity contribution is 6.00. The van der Waals surface area contributed by atoms with E-state index in [4.69, 9.17) is 9.47 Å². The van der Waals surface area contributed by atoms with E-state index in [-0.39, 0.29) is 46.2 Å². The minimum atomic E-state index is -1.15. The Morgan fingerprint density at radius 2 is 1.51 bits per heavy atom. The predicted molar refractivity (Wildman–Crippen MR) is 223 cm³/mol. The lowest BCUT2D eigenvalue weighted by Crippen LogP contribution is -2.63. The highest BCUT2D eigenvalue weighted by atomic mass is 16.6. The second-order valence-corrected chi connectivity index (χ2v) is 22.9. The average molecular weight is 795 g/mol. The van der Waals surface area contributed by atoms with Crippen LogP contribution in [0.3, 0.4) is 0 Å². The van der Waals surface area contributed by atoms with Crippen molar-refractivity contribution in [2.75, 3.05) is 33.2 Å². The number of carbonyl (C=O) groups is 4. The highest BCUT2D eigenvalue weighted by Gasteiger charge is 2.66. The summed E-state index contributed by atoms with van der Waals surface area (Å²) < 4.78 is 11.8. The molecule has 9 nitrogen and oxygen atoms in total. The Bertz CT molecular complexity index is 1600. The quantitative estimate of drug-likeness (QED) is 0.183. The van der Waals surface area contributed by atoms with Gasteiger partial charge in [-0.2, -0.15) is 0 Å². The van der Waals surface area contributed by atoms with Crippen molar-refractivity contribution >= 4 is 23.8 Å². The molecule has 8 atom stereocenters. The zero-order chi connectivity index (χ0) is 42.1. The van der Waals surface area contributed by atoms with Crippen LogP contribution in [0.1, 0.15) is 160 Å². The molecule has 1 N–H and O–H groups in total. The zero-order valence-corrected chi connectivity index (χ0v) is 37.9. The molecule has 0 saturated heterocycles. The summed E-state index contributed by atoms with van der Waals surface area (Å²) in [7, 11) is 1.84. The molecular formula is C48H78N2O7. The lowest BCUT2D eigenvalue weighted by molar-refractivity contribution is -0.214. The normalized spacial score (nSPS) is 35.0. The van der Waals surface area contributed by atoms with Gasteiger partial charge >= 0.3 is 18.0 Å². The van der Waals surface area contributed by atoms with Crippen molar-refractivity contribution in [2.45, 2.75) is 171 Å². The largest absolute Gasteiger partial charge is 0.481 e. The highest BCUT2D eigenvalue weighted by Crippen LogP contribution is 2.73. The minimum Gasteiger partial charge on any atom is -0.481 e. The number of hydrogen-bond donors (Lipinski definition) is 1. The molecule has 9 heteroatoms. The van der Waals surface area contributed by atoms with Gasteiger partial charge in [0, 0.05) is 43.9 Å². The van der Waals surface area contributed by atoms with Gasteiger partial charge < -0.3 is 24.4 Å². The summed E-state index contributed by atoms with van der Waals surface area (Å²) in [5.41, 5.74) is 1.04.